The molecule has 5 heteroatoms. The van der Waals surface area contributed by atoms with E-state index in [2.05, 4.69) is 12.2 Å². The summed E-state index contributed by atoms with van der Waals surface area (Å²) in [7, 11) is 0. The van der Waals surface area contributed by atoms with Crippen molar-refractivity contribution in [3.05, 3.63) is 29.3 Å². The lowest BCUT2D eigenvalue weighted by Gasteiger charge is -2.31. The van der Waals surface area contributed by atoms with E-state index in [1.165, 1.54) is 6.42 Å². The first kappa shape index (κ1) is 15.3. The summed E-state index contributed by atoms with van der Waals surface area (Å²) < 4.78 is 0. The second-order valence-electron chi connectivity index (χ2n) is 6.48. The highest BCUT2D eigenvalue weighted by Gasteiger charge is 2.49. The number of nitrogens with one attached hydrogen (secondary N) is 1. The van der Waals surface area contributed by atoms with Gasteiger partial charge >= 0.3 is 0 Å². The highest BCUT2D eigenvalue weighted by molar-refractivity contribution is 6.30. The van der Waals surface area contributed by atoms with E-state index in [0.717, 1.165) is 19.5 Å². The molecule has 0 radical (unpaired) electrons. The number of piperidine rings is 1. The standard InChI is InChI=1S/C17H21ClN2O2/c1-11-4-3-7-20(10-11)17(22)15-9-14(15)16(21)19-13-6-2-5-12(18)8-13/h2,5-6,8,11,14-15H,3-4,7,9-10H2,1H3,(H,19,21). The first-order chi connectivity index (χ1) is 10.5. The average molecular weight is 321 g/mol. The highest BCUT2D eigenvalue weighted by Crippen LogP contribution is 2.41. The van der Waals surface area contributed by atoms with E-state index in [4.69, 9.17) is 11.6 Å². The molecule has 1 aliphatic carbocycles. The van der Waals surface area contributed by atoms with Gasteiger partial charge in [-0.3, -0.25) is 9.59 Å². The van der Waals surface area contributed by atoms with Crippen LogP contribution in [-0.4, -0.2) is 29.8 Å². The molecule has 0 spiro atoms. The Morgan fingerprint density at radius 3 is 2.86 bits per heavy atom. The summed E-state index contributed by atoms with van der Waals surface area (Å²) in [5.41, 5.74) is 0.683. The van der Waals surface area contributed by atoms with Crippen molar-refractivity contribution >= 4 is 29.1 Å². The fourth-order valence-corrected chi connectivity index (χ4v) is 3.37. The van der Waals surface area contributed by atoms with Gasteiger partial charge in [0, 0.05) is 23.8 Å². The van der Waals surface area contributed by atoms with Gasteiger partial charge in [-0.25, -0.2) is 0 Å². The molecule has 1 heterocycles. The van der Waals surface area contributed by atoms with Crippen LogP contribution >= 0.6 is 11.6 Å². The molecular weight excluding hydrogens is 300 g/mol. The molecule has 4 nitrogen and oxygen atoms in total. The molecule has 3 unspecified atom stereocenters. The summed E-state index contributed by atoms with van der Waals surface area (Å²) in [6.07, 6.45) is 2.92. The van der Waals surface area contributed by atoms with Crippen molar-refractivity contribution in [2.45, 2.75) is 26.2 Å². The second kappa shape index (κ2) is 6.29. The molecule has 1 saturated carbocycles. The van der Waals surface area contributed by atoms with E-state index < -0.39 is 0 Å². The number of carbonyl (C=O) groups is 2. The number of likely N-dealkylation sites (tertiary alicyclic amines) is 1. The van der Waals surface area contributed by atoms with Crippen molar-refractivity contribution in [3.63, 3.8) is 0 Å². The average Bonchev–Trinajstić information content (AvgIpc) is 3.27. The van der Waals surface area contributed by atoms with Gasteiger partial charge in [0.1, 0.15) is 0 Å². The molecule has 3 rings (SSSR count). The van der Waals surface area contributed by atoms with Crippen LogP contribution in [0.15, 0.2) is 24.3 Å². The maximum Gasteiger partial charge on any atom is 0.228 e. The topological polar surface area (TPSA) is 49.4 Å². The zero-order chi connectivity index (χ0) is 15.7. The van der Waals surface area contributed by atoms with Crippen molar-refractivity contribution < 1.29 is 9.59 Å². The van der Waals surface area contributed by atoms with Crippen LogP contribution in [0.5, 0.6) is 0 Å². The van der Waals surface area contributed by atoms with Crippen LogP contribution in [-0.2, 0) is 9.59 Å². The number of nitrogens with zero attached hydrogens (tertiary/aromatic N) is 1. The number of hydrogen-bond acceptors (Lipinski definition) is 2. The molecule has 0 bridgehead atoms. The van der Waals surface area contributed by atoms with E-state index in [1.54, 1.807) is 24.3 Å². The van der Waals surface area contributed by atoms with Gasteiger partial charge in [0.05, 0.1) is 11.8 Å². The Hall–Kier alpha value is -1.55. The molecule has 2 amide bonds. The molecule has 3 atom stereocenters. The first-order valence-electron chi connectivity index (χ1n) is 7.90. The lowest BCUT2D eigenvalue weighted by atomic mass is 10.00. The fourth-order valence-electron chi connectivity index (χ4n) is 3.18. The van der Waals surface area contributed by atoms with E-state index in [0.29, 0.717) is 23.0 Å². The smallest absolute Gasteiger partial charge is 0.228 e. The minimum absolute atomic E-state index is 0.0781. The zero-order valence-electron chi connectivity index (χ0n) is 12.7. The summed E-state index contributed by atoms with van der Waals surface area (Å²) >= 11 is 5.91. The van der Waals surface area contributed by atoms with Crippen LogP contribution in [0, 0.1) is 17.8 Å². The monoisotopic (exact) mass is 320 g/mol. The lowest BCUT2D eigenvalue weighted by Crippen LogP contribution is -2.40. The molecule has 1 aromatic rings. The summed E-state index contributed by atoms with van der Waals surface area (Å²) in [6.45, 7) is 3.84. The molecule has 1 aromatic carbocycles. The van der Waals surface area contributed by atoms with Gasteiger partial charge in [-0.2, -0.15) is 0 Å². The van der Waals surface area contributed by atoms with Crippen molar-refractivity contribution in [2.24, 2.45) is 17.8 Å². The fraction of sp³-hybridized carbons (Fsp3) is 0.529. The van der Waals surface area contributed by atoms with Gasteiger partial charge < -0.3 is 10.2 Å². The van der Waals surface area contributed by atoms with E-state index in [1.807, 2.05) is 4.90 Å². The highest BCUT2D eigenvalue weighted by atomic mass is 35.5. The Morgan fingerprint density at radius 2 is 2.14 bits per heavy atom. The van der Waals surface area contributed by atoms with Gasteiger partial charge in [-0.05, 0) is 43.4 Å². The number of hydrogen-bond donors (Lipinski definition) is 1. The predicted molar refractivity (Wildman–Crippen MR) is 86.7 cm³/mol. The number of rotatable bonds is 3. The van der Waals surface area contributed by atoms with Gasteiger partial charge in [-0.15, -0.1) is 0 Å². The van der Waals surface area contributed by atoms with Crippen molar-refractivity contribution in [1.29, 1.82) is 0 Å². The molecular formula is C17H21ClN2O2. The zero-order valence-corrected chi connectivity index (χ0v) is 13.5. The van der Waals surface area contributed by atoms with Crippen molar-refractivity contribution in [3.8, 4) is 0 Å². The maximum atomic E-state index is 12.5. The van der Waals surface area contributed by atoms with E-state index >= 15 is 0 Å². The first-order valence-corrected chi connectivity index (χ1v) is 8.27. The van der Waals surface area contributed by atoms with Crippen LogP contribution < -0.4 is 5.32 Å². The van der Waals surface area contributed by atoms with Gasteiger partial charge in [0.25, 0.3) is 0 Å². The lowest BCUT2D eigenvalue weighted by molar-refractivity contribution is -0.135. The molecule has 118 valence electrons. The molecule has 22 heavy (non-hydrogen) atoms. The number of anilines is 1. The summed E-state index contributed by atoms with van der Waals surface area (Å²) in [5.74, 6) is 0.312. The number of carbonyl (C=O) groups excluding carboxylic acids is 2. The van der Waals surface area contributed by atoms with E-state index in [9.17, 15) is 9.59 Å². The Morgan fingerprint density at radius 1 is 1.32 bits per heavy atom. The van der Waals surface area contributed by atoms with Gasteiger partial charge in [0.2, 0.25) is 11.8 Å². The molecule has 2 fully saturated rings. The third kappa shape index (κ3) is 3.43. The third-order valence-electron chi connectivity index (χ3n) is 4.51. The van der Waals surface area contributed by atoms with Crippen molar-refractivity contribution in [2.75, 3.05) is 18.4 Å². The van der Waals surface area contributed by atoms with Crippen LogP contribution in [0.1, 0.15) is 26.2 Å². The van der Waals surface area contributed by atoms with Gasteiger partial charge in [0.15, 0.2) is 0 Å². The third-order valence-corrected chi connectivity index (χ3v) is 4.74. The maximum absolute atomic E-state index is 12.5. The van der Waals surface area contributed by atoms with Crippen LogP contribution in [0.3, 0.4) is 0 Å². The second-order valence-corrected chi connectivity index (χ2v) is 6.92. The minimum Gasteiger partial charge on any atom is -0.342 e. The SMILES string of the molecule is CC1CCCN(C(=O)C2CC2C(=O)Nc2cccc(Cl)c2)C1. The number of amides is 2. The normalized spacial score (nSPS) is 27.4. The Kier molecular flexibility index (Phi) is 4.39. The van der Waals surface area contributed by atoms with Crippen LogP contribution in [0.25, 0.3) is 0 Å². The quantitative estimate of drug-likeness (QED) is 0.930. The van der Waals surface area contributed by atoms with Crippen LogP contribution in [0.2, 0.25) is 5.02 Å². The number of halogens is 1. The van der Waals surface area contributed by atoms with Crippen molar-refractivity contribution in [1.82, 2.24) is 4.90 Å². The number of benzene rings is 1. The molecule has 2 aliphatic rings. The summed E-state index contributed by atoms with van der Waals surface area (Å²) in [6, 6.07) is 7.07. The molecule has 1 aliphatic heterocycles. The minimum atomic E-state index is -0.191. The molecule has 1 N–H and O–H groups in total. The van der Waals surface area contributed by atoms with E-state index in [-0.39, 0.29) is 23.7 Å². The molecule has 0 aromatic heterocycles. The van der Waals surface area contributed by atoms with Gasteiger partial charge in [-0.1, -0.05) is 24.6 Å². The largest absolute Gasteiger partial charge is 0.342 e. The van der Waals surface area contributed by atoms with Crippen LogP contribution in [0.4, 0.5) is 5.69 Å². The Balaban J connectivity index is 1.55. The Bertz CT molecular complexity index is 590. The predicted octanol–water partition coefficient (Wildman–Crippen LogP) is 3.17. The summed E-state index contributed by atoms with van der Waals surface area (Å²) in [5, 5.41) is 3.43. The molecule has 1 saturated heterocycles. The summed E-state index contributed by atoms with van der Waals surface area (Å²) in [4.78, 5) is 26.6. The Labute approximate surface area is 135 Å².